The predicted molar refractivity (Wildman–Crippen MR) is 92.4 cm³/mol. The van der Waals surface area contributed by atoms with Crippen LogP contribution >= 0.6 is 0 Å². The van der Waals surface area contributed by atoms with Crippen LogP contribution in [0.25, 0.3) is 0 Å². The first-order chi connectivity index (χ1) is 11.3. The van der Waals surface area contributed by atoms with E-state index >= 15 is 0 Å². The normalized spacial score (nSPS) is 16.9. The lowest BCUT2D eigenvalue weighted by atomic mass is 10.2. The highest BCUT2D eigenvalue weighted by Crippen LogP contribution is 2.15. The Morgan fingerprint density at radius 3 is 1.96 bits per heavy atom. The van der Waals surface area contributed by atoms with Gasteiger partial charge in [-0.1, -0.05) is 12.1 Å². The van der Waals surface area contributed by atoms with Crippen LogP contribution in [0.5, 0.6) is 5.75 Å². The Hall–Kier alpha value is -1.91. The van der Waals surface area contributed by atoms with Gasteiger partial charge in [0.25, 0.3) is 0 Å². The van der Waals surface area contributed by atoms with E-state index in [1.807, 2.05) is 24.5 Å². The average Bonchev–Trinajstić information content (AvgIpc) is 2.82. The Morgan fingerprint density at radius 1 is 0.826 bits per heavy atom. The van der Waals surface area contributed by atoms with Crippen molar-refractivity contribution in [3.63, 3.8) is 0 Å². The summed E-state index contributed by atoms with van der Waals surface area (Å²) in [4.78, 5) is 9.19. The van der Waals surface area contributed by atoms with Crippen LogP contribution in [0, 0.1) is 0 Å². The molecule has 4 nitrogen and oxygen atoms in total. The number of ether oxygens (including phenoxy) is 1. The number of hydrogen-bond donors (Lipinski definition) is 0. The highest BCUT2D eigenvalue weighted by atomic mass is 16.5. The number of methoxy groups -OCH3 is 1. The van der Waals surface area contributed by atoms with Gasteiger partial charge < -0.3 is 4.74 Å². The van der Waals surface area contributed by atoms with Crippen molar-refractivity contribution in [2.24, 2.45) is 0 Å². The largest absolute Gasteiger partial charge is 0.497 e. The van der Waals surface area contributed by atoms with Crippen LogP contribution in [-0.2, 0) is 13.1 Å². The van der Waals surface area contributed by atoms with Gasteiger partial charge in [-0.2, -0.15) is 0 Å². The van der Waals surface area contributed by atoms with Crippen LogP contribution in [0.3, 0.4) is 0 Å². The van der Waals surface area contributed by atoms with E-state index in [0.717, 1.165) is 31.9 Å². The van der Waals surface area contributed by atoms with E-state index in [-0.39, 0.29) is 0 Å². The molecule has 0 aliphatic carbocycles. The lowest BCUT2D eigenvalue weighted by molar-refractivity contribution is 0.247. The molecule has 1 aliphatic rings. The van der Waals surface area contributed by atoms with Crippen LogP contribution < -0.4 is 4.74 Å². The zero-order valence-electron chi connectivity index (χ0n) is 13.8. The van der Waals surface area contributed by atoms with E-state index in [9.17, 15) is 0 Å². The molecule has 4 heteroatoms. The van der Waals surface area contributed by atoms with Gasteiger partial charge in [0.15, 0.2) is 0 Å². The first-order valence-corrected chi connectivity index (χ1v) is 8.30. The summed E-state index contributed by atoms with van der Waals surface area (Å²) < 4.78 is 5.23. The molecule has 122 valence electrons. The van der Waals surface area contributed by atoms with Crippen LogP contribution in [0.2, 0.25) is 0 Å². The van der Waals surface area contributed by atoms with Gasteiger partial charge in [0.05, 0.1) is 7.11 Å². The molecule has 0 saturated carbocycles. The Labute approximate surface area is 138 Å². The molecule has 0 unspecified atom stereocenters. The molecular weight excluding hydrogens is 286 g/mol. The molecule has 1 aromatic carbocycles. The topological polar surface area (TPSA) is 28.6 Å². The van der Waals surface area contributed by atoms with Crippen molar-refractivity contribution in [3.05, 3.63) is 59.9 Å². The van der Waals surface area contributed by atoms with Gasteiger partial charge in [-0.15, -0.1) is 0 Å². The summed E-state index contributed by atoms with van der Waals surface area (Å²) in [5, 5.41) is 0. The SMILES string of the molecule is COc1ccc(CN2CCCN(Cc3ccncc3)CC2)cc1. The van der Waals surface area contributed by atoms with E-state index in [0.29, 0.717) is 0 Å². The molecule has 1 aliphatic heterocycles. The van der Waals surface area contributed by atoms with Crippen LogP contribution in [-0.4, -0.2) is 48.1 Å². The maximum absolute atomic E-state index is 5.23. The number of benzene rings is 1. The Kier molecular flexibility index (Phi) is 5.61. The molecule has 0 amide bonds. The fourth-order valence-corrected chi connectivity index (χ4v) is 3.08. The van der Waals surface area contributed by atoms with Gasteiger partial charge in [-0.3, -0.25) is 14.8 Å². The summed E-state index contributed by atoms with van der Waals surface area (Å²) in [6.07, 6.45) is 4.98. The third kappa shape index (κ3) is 4.78. The summed E-state index contributed by atoms with van der Waals surface area (Å²) in [5.41, 5.74) is 2.71. The average molecular weight is 311 g/mol. The highest BCUT2D eigenvalue weighted by Gasteiger charge is 2.15. The van der Waals surface area contributed by atoms with Crippen molar-refractivity contribution in [3.8, 4) is 5.75 Å². The minimum absolute atomic E-state index is 0.924. The van der Waals surface area contributed by atoms with Crippen LogP contribution in [0.15, 0.2) is 48.8 Å². The van der Waals surface area contributed by atoms with E-state index in [4.69, 9.17) is 4.74 Å². The molecule has 0 radical (unpaired) electrons. The second-order valence-corrected chi connectivity index (χ2v) is 6.11. The summed E-state index contributed by atoms with van der Waals surface area (Å²) in [5.74, 6) is 0.924. The number of nitrogens with zero attached hydrogens (tertiary/aromatic N) is 3. The van der Waals surface area contributed by atoms with Crippen molar-refractivity contribution in [2.75, 3.05) is 33.3 Å². The lowest BCUT2D eigenvalue weighted by Crippen LogP contribution is -2.30. The molecule has 0 atom stereocenters. The summed E-state index contributed by atoms with van der Waals surface area (Å²) in [6, 6.07) is 12.6. The van der Waals surface area contributed by atoms with Gasteiger partial charge in [-0.25, -0.2) is 0 Å². The van der Waals surface area contributed by atoms with Crippen molar-refractivity contribution >= 4 is 0 Å². The van der Waals surface area contributed by atoms with Gasteiger partial charge in [0.2, 0.25) is 0 Å². The number of pyridine rings is 1. The van der Waals surface area contributed by atoms with E-state index in [1.54, 1.807) is 7.11 Å². The third-order valence-electron chi connectivity index (χ3n) is 4.40. The monoisotopic (exact) mass is 311 g/mol. The minimum Gasteiger partial charge on any atom is -0.497 e. The van der Waals surface area contributed by atoms with Gasteiger partial charge >= 0.3 is 0 Å². The molecule has 0 bridgehead atoms. The fraction of sp³-hybridized carbons (Fsp3) is 0.421. The maximum atomic E-state index is 5.23. The zero-order valence-corrected chi connectivity index (χ0v) is 13.8. The second-order valence-electron chi connectivity index (χ2n) is 6.11. The molecule has 0 spiro atoms. The van der Waals surface area contributed by atoms with E-state index in [2.05, 4.69) is 39.0 Å². The number of aromatic nitrogens is 1. The molecular formula is C19H25N3O. The van der Waals surface area contributed by atoms with Gasteiger partial charge in [-0.05, 0) is 54.9 Å². The molecule has 1 fully saturated rings. The van der Waals surface area contributed by atoms with Crippen molar-refractivity contribution in [1.29, 1.82) is 0 Å². The molecule has 2 heterocycles. The first-order valence-electron chi connectivity index (χ1n) is 8.30. The van der Waals surface area contributed by atoms with Crippen molar-refractivity contribution < 1.29 is 4.74 Å². The molecule has 2 aromatic rings. The third-order valence-corrected chi connectivity index (χ3v) is 4.40. The second kappa shape index (κ2) is 8.09. The molecule has 0 N–H and O–H groups in total. The Balaban J connectivity index is 1.51. The molecule has 3 rings (SSSR count). The van der Waals surface area contributed by atoms with Crippen molar-refractivity contribution in [1.82, 2.24) is 14.8 Å². The summed E-state index contributed by atoms with van der Waals surface area (Å²) in [6.45, 7) is 6.63. The fourth-order valence-electron chi connectivity index (χ4n) is 3.08. The highest BCUT2D eigenvalue weighted by molar-refractivity contribution is 5.27. The first kappa shape index (κ1) is 16.0. The van der Waals surface area contributed by atoms with Gasteiger partial charge in [0.1, 0.15) is 5.75 Å². The van der Waals surface area contributed by atoms with Crippen LogP contribution in [0.1, 0.15) is 17.5 Å². The molecule has 1 aromatic heterocycles. The summed E-state index contributed by atoms with van der Waals surface area (Å²) in [7, 11) is 1.71. The van der Waals surface area contributed by atoms with E-state index in [1.165, 1.54) is 30.6 Å². The maximum Gasteiger partial charge on any atom is 0.118 e. The quantitative estimate of drug-likeness (QED) is 0.849. The number of rotatable bonds is 5. The van der Waals surface area contributed by atoms with Gasteiger partial charge in [0, 0.05) is 38.6 Å². The molecule has 23 heavy (non-hydrogen) atoms. The summed E-state index contributed by atoms with van der Waals surface area (Å²) >= 11 is 0. The Bertz CT molecular complexity index is 585. The standard InChI is InChI=1S/C19H25N3O/c1-23-19-5-3-17(4-6-19)15-21-11-2-12-22(14-13-21)16-18-7-9-20-10-8-18/h3-10H,2,11-16H2,1H3. The molecule has 1 saturated heterocycles. The zero-order chi connectivity index (χ0) is 15.9. The number of hydrogen-bond acceptors (Lipinski definition) is 4. The van der Waals surface area contributed by atoms with E-state index < -0.39 is 0 Å². The predicted octanol–water partition coefficient (Wildman–Crippen LogP) is 2.80. The Morgan fingerprint density at radius 2 is 1.39 bits per heavy atom. The van der Waals surface area contributed by atoms with Crippen LogP contribution in [0.4, 0.5) is 0 Å². The lowest BCUT2D eigenvalue weighted by Gasteiger charge is -2.22. The van der Waals surface area contributed by atoms with Crippen molar-refractivity contribution in [2.45, 2.75) is 19.5 Å². The smallest absolute Gasteiger partial charge is 0.118 e. The minimum atomic E-state index is 0.924.